The fourth-order valence-electron chi connectivity index (χ4n) is 1.32. The monoisotopic (exact) mass is 225 g/mol. The molecule has 2 rings (SSSR count). The smallest absolute Gasteiger partial charge is 0.274 e. The lowest BCUT2D eigenvalue weighted by molar-refractivity contribution is 0.396. The Balaban J connectivity index is 2.66. The van der Waals surface area contributed by atoms with Crippen LogP contribution in [0.25, 0.3) is 10.2 Å². The lowest BCUT2D eigenvalue weighted by Crippen LogP contribution is -1.88. The lowest BCUT2D eigenvalue weighted by atomic mass is 10.3. The van der Waals surface area contributed by atoms with E-state index in [1.165, 1.54) is 11.3 Å². The Morgan fingerprint density at radius 2 is 1.87 bits per heavy atom. The summed E-state index contributed by atoms with van der Waals surface area (Å²) in [5.74, 6) is 1.45. The maximum Gasteiger partial charge on any atom is 0.274 e. The van der Waals surface area contributed by atoms with Crippen LogP contribution in [-0.4, -0.2) is 26.3 Å². The van der Waals surface area contributed by atoms with Crippen LogP contribution in [0.5, 0.6) is 16.7 Å². The molecule has 5 heteroatoms. The lowest BCUT2D eigenvalue weighted by Gasteiger charge is -2.03. The number of rotatable bonds is 3. The molecule has 0 spiro atoms. The zero-order valence-electron chi connectivity index (χ0n) is 8.73. The van der Waals surface area contributed by atoms with Gasteiger partial charge in [-0.25, -0.2) is 0 Å². The molecule has 0 saturated carbocycles. The number of ether oxygens (including phenoxy) is 3. The minimum Gasteiger partial charge on any atom is -0.497 e. The number of methoxy groups -OCH3 is 3. The molecule has 1 aromatic carbocycles. The summed E-state index contributed by atoms with van der Waals surface area (Å²) < 4.78 is 16.5. The first-order valence-corrected chi connectivity index (χ1v) is 5.16. The number of hydrogen-bond acceptors (Lipinski definition) is 5. The van der Waals surface area contributed by atoms with E-state index >= 15 is 0 Å². The van der Waals surface area contributed by atoms with Crippen molar-refractivity contribution >= 4 is 21.6 Å². The minimum atomic E-state index is 0.622. The zero-order valence-corrected chi connectivity index (χ0v) is 9.55. The summed E-state index contributed by atoms with van der Waals surface area (Å²) in [4.78, 5) is 4.29. The first-order valence-electron chi connectivity index (χ1n) is 4.35. The van der Waals surface area contributed by atoms with Gasteiger partial charge in [0.25, 0.3) is 5.19 Å². The highest BCUT2D eigenvalue weighted by atomic mass is 32.1. The second-order valence-corrected chi connectivity index (χ2v) is 3.85. The van der Waals surface area contributed by atoms with Crippen LogP contribution in [0.2, 0.25) is 0 Å². The van der Waals surface area contributed by atoms with E-state index in [-0.39, 0.29) is 0 Å². The van der Waals surface area contributed by atoms with Crippen molar-refractivity contribution in [3.63, 3.8) is 0 Å². The number of fused-ring (bicyclic) bond motifs is 1. The molecule has 0 bridgehead atoms. The third-order valence-corrected chi connectivity index (χ3v) is 3.01. The van der Waals surface area contributed by atoms with E-state index < -0.39 is 0 Å². The van der Waals surface area contributed by atoms with Gasteiger partial charge in [0.15, 0.2) is 0 Å². The number of thiazole rings is 1. The Kier molecular flexibility index (Phi) is 2.64. The first kappa shape index (κ1) is 10.0. The highest BCUT2D eigenvalue weighted by molar-refractivity contribution is 7.20. The fraction of sp³-hybridized carbons (Fsp3) is 0.300. The molecule has 0 aliphatic carbocycles. The van der Waals surface area contributed by atoms with E-state index in [1.807, 2.05) is 12.1 Å². The van der Waals surface area contributed by atoms with E-state index in [4.69, 9.17) is 14.2 Å². The van der Waals surface area contributed by atoms with Gasteiger partial charge in [-0.3, -0.25) is 0 Å². The first-order chi connectivity index (χ1) is 7.28. The third-order valence-electron chi connectivity index (χ3n) is 2.04. The summed E-state index contributed by atoms with van der Waals surface area (Å²) in [6, 6.07) is 3.72. The number of benzene rings is 1. The molecule has 0 aliphatic heterocycles. The second-order valence-electron chi connectivity index (χ2n) is 2.86. The van der Waals surface area contributed by atoms with Crippen LogP contribution in [0.15, 0.2) is 12.1 Å². The van der Waals surface area contributed by atoms with Gasteiger partial charge in [-0.2, -0.15) is 4.98 Å². The van der Waals surface area contributed by atoms with Crippen molar-refractivity contribution in [1.82, 2.24) is 4.98 Å². The Bertz CT molecular complexity index is 481. The van der Waals surface area contributed by atoms with Crippen molar-refractivity contribution in [2.75, 3.05) is 21.3 Å². The van der Waals surface area contributed by atoms with Gasteiger partial charge in [-0.1, -0.05) is 11.3 Å². The van der Waals surface area contributed by atoms with E-state index in [0.29, 0.717) is 10.9 Å². The summed E-state index contributed by atoms with van der Waals surface area (Å²) in [5.41, 5.74) is 0.806. The molecule has 1 aromatic heterocycles. The van der Waals surface area contributed by atoms with Crippen molar-refractivity contribution in [1.29, 1.82) is 0 Å². The van der Waals surface area contributed by atoms with E-state index in [2.05, 4.69) is 4.98 Å². The van der Waals surface area contributed by atoms with Crippen LogP contribution < -0.4 is 14.2 Å². The minimum absolute atomic E-state index is 0.622. The van der Waals surface area contributed by atoms with Gasteiger partial charge in [-0.15, -0.1) is 0 Å². The summed E-state index contributed by atoms with van der Waals surface area (Å²) in [6.45, 7) is 0. The van der Waals surface area contributed by atoms with Crippen LogP contribution in [0.1, 0.15) is 0 Å². The molecule has 0 fully saturated rings. The quantitative estimate of drug-likeness (QED) is 0.803. The molecule has 15 heavy (non-hydrogen) atoms. The normalized spacial score (nSPS) is 10.3. The van der Waals surface area contributed by atoms with Crippen LogP contribution in [-0.2, 0) is 0 Å². The molecule has 0 aliphatic rings. The standard InChI is InChI=1S/C10H11NO3S/c1-12-6-4-7(13-2)9-8(5-6)15-10(11-9)14-3/h4-5H,1-3H3. The fourth-order valence-corrected chi connectivity index (χ4v) is 2.14. The molecular weight excluding hydrogens is 214 g/mol. The third kappa shape index (κ3) is 1.70. The summed E-state index contributed by atoms with van der Waals surface area (Å²) in [7, 11) is 4.83. The van der Waals surface area contributed by atoms with Crippen molar-refractivity contribution in [3.05, 3.63) is 12.1 Å². The average Bonchev–Trinajstić information content (AvgIpc) is 2.70. The van der Waals surface area contributed by atoms with Gasteiger partial charge in [0.2, 0.25) is 0 Å². The molecule has 0 atom stereocenters. The van der Waals surface area contributed by atoms with Crippen LogP contribution >= 0.6 is 11.3 Å². The van der Waals surface area contributed by atoms with Crippen LogP contribution in [0.4, 0.5) is 0 Å². The van der Waals surface area contributed by atoms with Gasteiger partial charge in [0, 0.05) is 6.07 Å². The van der Waals surface area contributed by atoms with Gasteiger partial charge < -0.3 is 14.2 Å². The molecule has 0 saturated heterocycles. The SMILES string of the molecule is COc1cc(OC)c2nc(OC)sc2c1. The molecule has 0 amide bonds. The van der Waals surface area contributed by atoms with Crippen molar-refractivity contribution in [3.8, 4) is 16.7 Å². The van der Waals surface area contributed by atoms with Gasteiger partial charge >= 0.3 is 0 Å². The predicted octanol–water partition coefficient (Wildman–Crippen LogP) is 2.32. The Labute approximate surface area is 91.4 Å². The van der Waals surface area contributed by atoms with Crippen molar-refractivity contribution < 1.29 is 14.2 Å². The maximum atomic E-state index is 5.24. The molecule has 0 radical (unpaired) electrons. The predicted molar refractivity (Wildman–Crippen MR) is 59.3 cm³/mol. The van der Waals surface area contributed by atoms with E-state index in [1.54, 1.807) is 21.3 Å². The van der Waals surface area contributed by atoms with Crippen LogP contribution in [0.3, 0.4) is 0 Å². The highest BCUT2D eigenvalue weighted by Crippen LogP contribution is 2.36. The van der Waals surface area contributed by atoms with Crippen molar-refractivity contribution in [2.45, 2.75) is 0 Å². The Morgan fingerprint density at radius 3 is 2.47 bits per heavy atom. The maximum absolute atomic E-state index is 5.24. The topological polar surface area (TPSA) is 40.6 Å². The zero-order chi connectivity index (χ0) is 10.8. The molecule has 80 valence electrons. The molecule has 0 N–H and O–H groups in total. The Hall–Kier alpha value is -1.49. The van der Waals surface area contributed by atoms with E-state index in [9.17, 15) is 0 Å². The number of nitrogens with zero attached hydrogens (tertiary/aromatic N) is 1. The van der Waals surface area contributed by atoms with Crippen molar-refractivity contribution in [2.24, 2.45) is 0 Å². The average molecular weight is 225 g/mol. The molecule has 0 unspecified atom stereocenters. The van der Waals surface area contributed by atoms with E-state index in [0.717, 1.165) is 16.0 Å². The summed E-state index contributed by atoms with van der Waals surface area (Å²) in [5, 5.41) is 0.622. The highest BCUT2D eigenvalue weighted by Gasteiger charge is 2.11. The Morgan fingerprint density at radius 1 is 1.07 bits per heavy atom. The second kappa shape index (κ2) is 3.94. The molecular formula is C10H11NO3S. The van der Waals surface area contributed by atoms with Gasteiger partial charge in [0.05, 0.1) is 26.0 Å². The van der Waals surface area contributed by atoms with Gasteiger partial charge in [0.1, 0.15) is 17.0 Å². The molecule has 2 aromatic rings. The molecule has 1 heterocycles. The summed E-state index contributed by atoms with van der Waals surface area (Å²) in [6.07, 6.45) is 0. The summed E-state index contributed by atoms with van der Waals surface area (Å²) >= 11 is 1.46. The number of aromatic nitrogens is 1. The van der Waals surface area contributed by atoms with Crippen LogP contribution in [0, 0.1) is 0 Å². The number of hydrogen-bond donors (Lipinski definition) is 0. The molecule has 4 nitrogen and oxygen atoms in total. The largest absolute Gasteiger partial charge is 0.497 e. The van der Waals surface area contributed by atoms with Gasteiger partial charge in [-0.05, 0) is 6.07 Å².